The van der Waals surface area contributed by atoms with Crippen molar-refractivity contribution in [3.05, 3.63) is 72.6 Å². The van der Waals surface area contributed by atoms with Gasteiger partial charge in [0.25, 0.3) is 5.91 Å². The number of likely N-dealkylation sites (N-methyl/N-ethyl adjacent to an activating group) is 1. The number of methoxy groups -OCH3 is 3. The summed E-state index contributed by atoms with van der Waals surface area (Å²) < 4.78 is 34.3. The lowest BCUT2D eigenvalue weighted by Crippen LogP contribution is -2.54. The van der Waals surface area contributed by atoms with Crippen molar-refractivity contribution in [1.82, 2.24) is 4.90 Å². The fourth-order valence-electron chi connectivity index (χ4n) is 6.88. The van der Waals surface area contributed by atoms with Gasteiger partial charge in [-0.25, -0.2) is 0 Å². The maximum absolute atomic E-state index is 14.0. The van der Waals surface area contributed by atoms with Crippen molar-refractivity contribution < 1.29 is 53.3 Å². The second-order valence-electron chi connectivity index (χ2n) is 10.7. The van der Waals surface area contributed by atoms with Gasteiger partial charge in [0.2, 0.25) is 0 Å². The second-order valence-corrected chi connectivity index (χ2v) is 11.1. The van der Waals surface area contributed by atoms with Crippen molar-refractivity contribution in [2.45, 2.75) is 36.2 Å². The molecule has 6 atom stereocenters. The van der Waals surface area contributed by atoms with E-state index >= 15 is 0 Å². The number of rotatable bonds is 3. The standard InChI is InChI=1S/C29H26ClNO12/c1-31-27(36)13-10(18(33)28(31)40-4)7-11-15(19(13)34)29(37)16-24(20(11)38-2)41-8-42-25(16)23-14(26(29)35)17(32)9-5-6-12(30)22(39-3)21(9)43-23/h5-7,18,20,24,26,28,33-35,37H,8H2,1-4H3/t18-,20+,24-,26?,28-,29?/m0/s1/i5+1,7+1,12+1,13+1,15+1,16+1,17+1,18+1,20+1,21+1,23+1,26+1. The minimum absolute atomic E-state index is 0.00121. The number of hydrogen-bond acceptors (Lipinski definition) is 12. The summed E-state index contributed by atoms with van der Waals surface area (Å²) in [7, 11) is 5.43. The summed E-state index contributed by atoms with van der Waals surface area (Å²) in [6, 6.07) is 4.23. The van der Waals surface area contributed by atoms with Crippen LogP contribution in [-0.2, 0) is 24.5 Å². The van der Waals surface area contributed by atoms with Gasteiger partial charge in [-0.1, -0.05) is 11.6 Å². The van der Waals surface area contributed by atoms with E-state index in [2.05, 4.69) is 0 Å². The summed E-state index contributed by atoms with van der Waals surface area (Å²) in [6.07, 6.45) is -6.65. The smallest absolute Gasteiger partial charge is 0.259 e. The molecule has 0 radical (unpaired) electrons. The lowest BCUT2D eigenvalue weighted by atomic mass is 10.1. The van der Waals surface area contributed by atoms with Crippen LogP contribution in [0, 0.1) is 0 Å². The first-order valence-electron chi connectivity index (χ1n) is 13.2. The Morgan fingerprint density at radius 1 is 1.12 bits per heavy atom. The van der Waals surface area contributed by atoms with Crippen LogP contribution in [0.5, 0.6) is 11.5 Å². The molecule has 2 aliphatic heterocycles. The van der Waals surface area contributed by atoms with Crippen molar-refractivity contribution in [2.24, 2.45) is 0 Å². The molecule has 0 spiro atoms. The number of ether oxygens (including phenoxy) is 5. The highest BCUT2D eigenvalue weighted by molar-refractivity contribution is 6.33. The Morgan fingerprint density at radius 3 is 2.53 bits per heavy atom. The van der Waals surface area contributed by atoms with E-state index in [1.807, 2.05) is 0 Å². The Balaban J connectivity index is 1.59. The van der Waals surface area contributed by atoms with Crippen LogP contribution in [0.2, 0.25) is 5.02 Å². The normalized spacial score (nSPS) is 29.1. The number of carbonyl (C=O) groups excluding carboxylic acids is 1. The molecule has 1 aromatic heterocycles. The van der Waals surface area contributed by atoms with Gasteiger partial charge in [0.05, 0.1) is 28.6 Å². The van der Waals surface area contributed by atoms with Gasteiger partial charge in [-0.2, -0.15) is 0 Å². The number of aliphatic hydroxyl groups is 3. The highest BCUT2D eigenvalue weighted by Crippen LogP contribution is 2.62. The third-order valence-corrected chi connectivity index (χ3v) is 9.09. The SMILES string of the molecule is COc1[13c](Cl)c[13cH]c2[13c](=O)c3[13c](o[13c]12)C1=[13C]2[C@H](OCO1)[13C@H](OC)c1[13cH]c4[13c](c(O)[13c]1C2(O)[13CH]3O)C(=O)N(C)[C@@H](OC)[13C@H]4O. The molecule has 7 rings (SSSR count). The molecule has 0 saturated carbocycles. The van der Waals surface area contributed by atoms with E-state index in [0.29, 0.717) is 0 Å². The first kappa shape index (κ1) is 28.1. The fraction of sp³-hybridized carbons (Fsp3) is 0.379. The molecule has 3 heterocycles. The lowest BCUT2D eigenvalue weighted by Gasteiger charge is -2.51. The third-order valence-electron chi connectivity index (χ3n) is 8.80. The van der Waals surface area contributed by atoms with E-state index in [-0.39, 0.29) is 73.4 Å². The molecule has 0 saturated heterocycles. The van der Waals surface area contributed by atoms with E-state index in [9.17, 15) is 30.0 Å². The molecule has 2 unspecified atom stereocenters. The van der Waals surface area contributed by atoms with Crippen molar-refractivity contribution in [3.63, 3.8) is 0 Å². The average Bonchev–Trinajstić information content (AvgIpc) is 2.99. The molecule has 14 heteroatoms. The molecule has 13 nitrogen and oxygen atoms in total. The molecule has 226 valence electrons. The summed E-state index contributed by atoms with van der Waals surface area (Å²) in [5, 5.41) is 47.6. The number of carbonyl (C=O) groups is 1. The predicted octanol–water partition coefficient (Wildman–Crippen LogP) is 1.97. The lowest BCUT2D eigenvalue weighted by molar-refractivity contribution is -0.158. The minimum Gasteiger partial charge on any atom is -0.507 e. The number of halogens is 1. The van der Waals surface area contributed by atoms with Gasteiger partial charge in [-0.15, -0.1) is 0 Å². The Hall–Kier alpha value is -3.69. The van der Waals surface area contributed by atoms with E-state index in [1.54, 1.807) is 0 Å². The monoisotopic (exact) mass is 627 g/mol. The molecule has 0 bridgehead atoms. The first-order valence-corrected chi connectivity index (χ1v) is 13.5. The first-order chi connectivity index (χ1) is 20.5. The Bertz CT molecular complexity index is 1830. The maximum Gasteiger partial charge on any atom is 0.259 e. The van der Waals surface area contributed by atoms with Crippen LogP contribution in [0.15, 0.2) is 33.0 Å². The Labute approximate surface area is 248 Å². The summed E-state index contributed by atoms with van der Waals surface area (Å²) in [5.41, 5.74) is -4.24. The summed E-state index contributed by atoms with van der Waals surface area (Å²) in [5.74, 6) is -1.67. The highest BCUT2D eigenvalue weighted by Gasteiger charge is 2.62. The van der Waals surface area contributed by atoms with Crippen LogP contribution in [-0.4, -0.2) is 78.7 Å². The van der Waals surface area contributed by atoms with Crippen LogP contribution in [0.25, 0.3) is 16.7 Å². The molecular formula is C29H26ClNO12. The number of aliphatic hydroxyl groups excluding tert-OH is 2. The number of nitrogens with zero attached hydrogens (tertiary/aromatic N) is 1. The number of phenolic OH excluding ortho intramolecular Hbond substituents is 1. The molecule has 1 amide bonds. The number of hydrogen-bond donors (Lipinski definition) is 4. The van der Waals surface area contributed by atoms with Gasteiger partial charge in [0.1, 0.15) is 30.2 Å². The number of benzene rings is 2. The van der Waals surface area contributed by atoms with Crippen molar-refractivity contribution in [2.75, 3.05) is 35.2 Å². The quantitative estimate of drug-likeness (QED) is 0.311. The summed E-state index contributed by atoms with van der Waals surface area (Å²) in [6.45, 7) is -0.354. The van der Waals surface area contributed by atoms with Crippen LogP contribution in [0.3, 0.4) is 0 Å². The molecule has 43 heavy (non-hydrogen) atoms. The largest absolute Gasteiger partial charge is 0.507 e. The third kappa shape index (κ3) is 3.32. The molecule has 0 fully saturated rings. The minimum atomic E-state index is -2.57. The van der Waals surface area contributed by atoms with E-state index in [1.165, 1.54) is 46.6 Å². The molecule has 3 aromatic rings. The van der Waals surface area contributed by atoms with Gasteiger partial charge in [0, 0.05) is 38.0 Å². The van der Waals surface area contributed by atoms with E-state index < -0.39 is 53.3 Å². The average molecular weight is 628 g/mol. The maximum atomic E-state index is 14.0. The number of aromatic hydroxyl groups is 1. The van der Waals surface area contributed by atoms with Gasteiger partial charge in [0.15, 0.2) is 46.9 Å². The zero-order valence-corrected chi connectivity index (χ0v) is 24.0. The second kappa shape index (κ2) is 9.40. The zero-order chi connectivity index (χ0) is 30.7. The van der Waals surface area contributed by atoms with Crippen molar-refractivity contribution in [3.8, 4) is 11.5 Å². The van der Waals surface area contributed by atoms with Crippen molar-refractivity contribution >= 4 is 34.2 Å². The molecular weight excluding hydrogens is 602 g/mol. The van der Waals surface area contributed by atoms with E-state index in [4.69, 9.17) is 39.7 Å². The van der Waals surface area contributed by atoms with E-state index in [0.717, 1.165) is 4.90 Å². The van der Waals surface area contributed by atoms with Crippen LogP contribution in [0.1, 0.15) is 56.7 Å². The van der Waals surface area contributed by atoms with Crippen LogP contribution >= 0.6 is 11.6 Å². The topological polar surface area (TPSA) is 178 Å². The van der Waals surface area contributed by atoms with Crippen LogP contribution < -0.4 is 10.2 Å². The molecule has 4 aliphatic rings. The van der Waals surface area contributed by atoms with Crippen LogP contribution in [0.4, 0.5) is 0 Å². The molecule has 2 aliphatic carbocycles. The van der Waals surface area contributed by atoms with Crippen molar-refractivity contribution in [1.29, 1.82) is 0 Å². The van der Waals surface area contributed by atoms with Gasteiger partial charge < -0.3 is 53.4 Å². The summed E-state index contributed by atoms with van der Waals surface area (Å²) in [4.78, 5) is 28.5. The fourth-order valence-corrected chi connectivity index (χ4v) is 7.11. The highest BCUT2D eigenvalue weighted by atomic mass is 35.5. The number of amides is 1. The molecule has 4 N–H and O–H groups in total. The Morgan fingerprint density at radius 2 is 1.86 bits per heavy atom. The number of fused-ring (bicyclic) bond motifs is 6. The molecule has 2 aromatic carbocycles. The van der Waals surface area contributed by atoms with Gasteiger partial charge >= 0.3 is 0 Å². The zero-order valence-electron chi connectivity index (χ0n) is 23.2. The number of phenols is 1. The predicted molar refractivity (Wildman–Crippen MR) is 146 cm³/mol. The van der Waals surface area contributed by atoms with Gasteiger partial charge in [-0.3, -0.25) is 9.59 Å². The van der Waals surface area contributed by atoms with Gasteiger partial charge in [-0.05, 0) is 23.8 Å². The Kier molecular flexibility index (Phi) is 6.15. The summed E-state index contributed by atoms with van der Waals surface area (Å²) >= 11 is 6.28.